The van der Waals surface area contributed by atoms with Gasteiger partial charge < -0.3 is 10.3 Å². The smallest absolute Gasteiger partial charge is 0.120 e. The molecule has 0 amide bonds. The summed E-state index contributed by atoms with van der Waals surface area (Å²) in [5, 5.41) is 3.46. The molecule has 1 aliphatic rings. The zero-order chi connectivity index (χ0) is 12.4. The average molecular weight is 241 g/mol. The zero-order valence-electron chi connectivity index (χ0n) is 10.7. The summed E-state index contributed by atoms with van der Waals surface area (Å²) in [4.78, 5) is 7.79. The number of benzene rings is 1. The van der Waals surface area contributed by atoms with Crippen LogP contribution in [0, 0.1) is 0 Å². The van der Waals surface area contributed by atoms with Crippen LogP contribution < -0.4 is 5.32 Å². The minimum atomic E-state index is 0.724. The van der Waals surface area contributed by atoms with Crippen LogP contribution in [0.4, 0.5) is 0 Å². The van der Waals surface area contributed by atoms with Crippen LogP contribution in [-0.2, 0) is 13.0 Å². The second-order valence-corrected chi connectivity index (χ2v) is 4.95. The highest BCUT2D eigenvalue weighted by molar-refractivity contribution is 5.58. The second-order valence-electron chi connectivity index (χ2n) is 4.95. The summed E-state index contributed by atoms with van der Waals surface area (Å²) >= 11 is 0. The molecule has 0 saturated heterocycles. The monoisotopic (exact) mass is 241 g/mol. The van der Waals surface area contributed by atoms with E-state index in [1.54, 1.807) is 0 Å². The molecule has 0 atom stereocenters. The number of hydrogen-bond donors (Lipinski definition) is 2. The Labute approximate surface area is 108 Å². The van der Waals surface area contributed by atoms with Gasteiger partial charge in [0.15, 0.2) is 0 Å². The van der Waals surface area contributed by atoms with E-state index in [4.69, 9.17) is 0 Å². The minimum Gasteiger partial charge on any atom is -0.341 e. The van der Waals surface area contributed by atoms with Gasteiger partial charge in [-0.2, -0.15) is 0 Å². The van der Waals surface area contributed by atoms with Crippen molar-refractivity contribution in [2.75, 3.05) is 0 Å². The van der Waals surface area contributed by atoms with Crippen molar-refractivity contribution >= 4 is 0 Å². The maximum Gasteiger partial charge on any atom is 0.120 e. The fourth-order valence-electron chi connectivity index (χ4n) is 2.05. The highest BCUT2D eigenvalue weighted by Crippen LogP contribution is 2.20. The van der Waals surface area contributed by atoms with Gasteiger partial charge >= 0.3 is 0 Å². The summed E-state index contributed by atoms with van der Waals surface area (Å²) in [6.07, 6.45) is 5.63. The van der Waals surface area contributed by atoms with Gasteiger partial charge in [-0.05, 0) is 30.4 Å². The van der Waals surface area contributed by atoms with E-state index < -0.39 is 0 Å². The molecule has 1 saturated carbocycles. The first-order valence-corrected chi connectivity index (χ1v) is 6.71. The maximum atomic E-state index is 4.42. The third-order valence-electron chi connectivity index (χ3n) is 3.44. The van der Waals surface area contributed by atoms with Crippen LogP contribution in [0.3, 0.4) is 0 Å². The van der Waals surface area contributed by atoms with Gasteiger partial charge in [0.05, 0.1) is 18.4 Å². The Morgan fingerprint density at radius 2 is 2.06 bits per heavy atom. The Hall–Kier alpha value is -1.61. The maximum absolute atomic E-state index is 4.42. The topological polar surface area (TPSA) is 40.7 Å². The van der Waals surface area contributed by atoms with Crippen molar-refractivity contribution in [3.8, 4) is 11.3 Å². The van der Waals surface area contributed by atoms with Crippen LogP contribution in [0.5, 0.6) is 0 Å². The number of imidazole rings is 1. The first-order valence-electron chi connectivity index (χ1n) is 6.71. The highest BCUT2D eigenvalue weighted by atomic mass is 15.0. The molecule has 94 valence electrons. The Morgan fingerprint density at radius 1 is 1.28 bits per heavy atom. The van der Waals surface area contributed by atoms with Gasteiger partial charge in [0.2, 0.25) is 0 Å². The molecule has 3 heteroatoms. The number of aryl methyl sites for hydroxylation is 1. The number of aromatic amines is 1. The van der Waals surface area contributed by atoms with Crippen LogP contribution in [0.15, 0.2) is 30.5 Å². The van der Waals surface area contributed by atoms with E-state index in [1.165, 1.54) is 24.0 Å². The van der Waals surface area contributed by atoms with E-state index in [1.807, 2.05) is 6.20 Å². The number of rotatable bonds is 5. The lowest BCUT2D eigenvalue weighted by Gasteiger charge is -2.00. The fraction of sp³-hybridized carbons (Fsp3) is 0.400. The lowest BCUT2D eigenvalue weighted by Crippen LogP contribution is -2.16. The van der Waals surface area contributed by atoms with Crippen molar-refractivity contribution in [1.29, 1.82) is 0 Å². The molecule has 0 aliphatic heterocycles. The van der Waals surface area contributed by atoms with Crippen LogP contribution in [0.2, 0.25) is 0 Å². The summed E-state index contributed by atoms with van der Waals surface area (Å²) < 4.78 is 0. The van der Waals surface area contributed by atoms with Crippen molar-refractivity contribution in [2.45, 2.75) is 38.8 Å². The van der Waals surface area contributed by atoms with Crippen molar-refractivity contribution in [3.63, 3.8) is 0 Å². The molecule has 1 fully saturated rings. The number of nitrogens with zero attached hydrogens (tertiary/aromatic N) is 1. The quantitative estimate of drug-likeness (QED) is 0.845. The zero-order valence-corrected chi connectivity index (χ0v) is 10.7. The van der Waals surface area contributed by atoms with E-state index in [9.17, 15) is 0 Å². The number of H-pyrrole nitrogens is 1. The highest BCUT2D eigenvalue weighted by Gasteiger charge is 2.20. The van der Waals surface area contributed by atoms with Gasteiger partial charge in [-0.3, -0.25) is 0 Å². The Balaban J connectivity index is 1.70. The van der Waals surface area contributed by atoms with E-state index in [0.29, 0.717) is 0 Å². The molecular formula is C15H19N3. The summed E-state index contributed by atoms with van der Waals surface area (Å²) in [6.45, 7) is 3.02. The third kappa shape index (κ3) is 2.62. The molecule has 1 heterocycles. The average Bonchev–Trinajstić information content (AvgIpc) is 3.14. The predicted molar refractivity (Wildman–Crippen MR) is 73.3 cm³/mol. The molecule has 1 aromatic heterocycles. The van der Waals surface area contributed by atoms with Gasteiger partial charge in [0.25, 0.3) is 0 Å². The summed E-state index contributed by atoms with van der Waals surface area (Å²) in [6, 6.07) is 9.40. The largest absolute Gasteiger partial charge is 0.341 e. The molecule has 3 rings (SSSR count). The van der Waals surface area contributed by atoms with Gasteiger partial charge in [-0.25, -0.2) is 4.98 Å². The van der Waals surface area contributed by atoms with Crippen molar-refractivity contribution in [2.24, 2.45) is 0 Å². The second kappa shape index (κ2) is 4.94. The molecule has 2 N–H and O–H groups in total. The van der Waals surface area contributed by atoms with Crippen LogP contribution in [0.1, 0.15) is 31.2 Å². The Bertz CT molecular complexity index is 509. The lowest BCUT2D eigenvalue weighted by molar-refractivity contribution is 0.664. The molecule has 1 aromatic carbocycles. The lowest BCUT2D eigenvalue weighted by atomic mass is 10.1. The normalized spacial score (nSPS) is 14.9. The standard InChI is InChI=1S/C15H19N3/c1-2-11-3-5-12(6-4-11)14-9-17-15(18-14)10-16-13-7-8-13/h3-6,9,13,16H,2,7-8,10H2,1H3,(H,17,18). The summed E-state index contributed by atoms with van der Waals surface area (Å²) in [5.74, 6) is 1.02. The summed E-state index contributed by atoms with van der Waals surface area (Å²) in [7, 11) is 0. The number of aromatic nitrogens is 2. The van der Waals surface area contributed by atoms with Gasteiger partial charge in [0.1, 0.15) is 5.82 Å². The third-order valence-corrected chi connectivity index (χ3v) is 3.44. The molecule has 0 bridgehead atoms. The molecule has 18 heavy (non-hydrogen) atoms. The first kappa shape index (κ1) is 11.5. The van der Waals surface area contributed by atoms with Crippen LogP contribution >= 0.6 is 0 Å². The molecule has 2 aromatic rings. The van der Waals surface area contributed by atoms with Gasteiger partial charge in [0, 0.05) is 6.04 Å². The van der Waals surface area contributed by atoms with E-state index in [-0.39, 0.29) is 0 Å². The predicted octanol–water partition coefficient (Wildman–Crippen LogP) is 2.89. The first-order chi connectivity index (χ1) is 8.85. The Morgan fingerprint density at radius 3 is 2.72 bits per heavy atom. The number of hydrogen-bond acceptors (Lipinski definition) is 2. The minimum absolute atomic E-state index is 0.724. The Kier molecular flexibility index (Phi) is 3.15. The van der Waals surface area contributed by atoms with E-state index >= 15 is 0 Å². The van der Waals surface area contributed by atoms with Crippen molar-refractivity contribution in [3.05, 3.63) is 41.9 Å². The van der Waals surface area contributed by atoms with Crippen LogP contribution in [-0.4, -0.2) is 16.0 Å². The van der Waals surface area contributed by atoms with Crippen molar-refractivity contribution < 1.29 is 0 Å². The molecular weight excluding hydrogens is 222 g/mol. The molecule has 0 unspecified atom stereocenters. The van der Waals surface area contributed by atoms with Gasteiger partial charge in [-0.1, -0.05) is 31.2 Å². The molecule has 0 spiro atoms. The molecule has 3 nitrogen and oxygen atoms in total. The number of nitrogens with one attached hydrogen (secondary N) is 2. The van der Waals surface area contributed by atoms with E-state index in [2.05, 4.69) is 46.5 Å². The molecule has 1 aliphatic carbocycles. The SMILES string of the molecule is CCc1ccc(-c2cnc(CNC3CC3)[nH]2)cc1. The van der Waals surface area contributed by atoms with E-state index in [0.717, 1.165) is 30.5 Å². The summed E-state index contributed by atoms with van der Waals surface area (Å²) in [5.41, 5.74) is 3.68. The van der Waals surface area contributed by atoms with Gasteiger partial charge in [-0.15, -0.1) is 0 Å². The van der Waals surface area contributed by atoms with Crippen molar-refractivity contribution in [1.82, 2.24) is 15.3 Å². The molecule has 0 radical (unpaired) electrons. The van der Waals surface area contributed by atoms with Crippen LogP contribution in [0.25, 0.3) is 11.3 Å². The fourth-order valence-corrected chi connectivity index (χ4v) is 2.05.